The second kappa shape index (κ2) is 10.2. The zero-order valence-corrected chi connectivity index (χ0v) is 24.3. The highest BCUT2D eigenvalue weighted by atomic mass is 32.2. The Morgan fingerprint density at radius 1 is 1.16 bits per heavy atom. The first-order chi connectivity index (χ1) is 17.6. The van der Waals surface area contributed by atoms with Gasteiger partial charge in [0.25, 0.3) is 15.9 Å². The van der Waals surface area contributed by atoms with Crippen LogP contribution in [0.25, 0.3) is 0 Å². The molecule has 2 heterocycles. The molecule has 0 saturated heterocycles. The minimum atomic E-state index is -4.30. The van der Waals surface area contributed by atoms with Gasteiger partial charge in [0.15, 0.2) is 5.84 Å². The molecule has 1 fully saturated rings. The van der Waals surface area contributed by atoms with Crippen molar-refractivity contribution in [3.63, 3.8) is 0 Å². The number of rotatable bonds is 5. The lowest BCUT2D eigenvalue weighted by Crippen LogP contribution is -2.53. The van der Waals surface area contributed by atoms with Crippen LogP contribution in [0.1, 0.15) is 65.7 Å². The van der Waals surface area contributed by atoms with Crippen LogP contribution in [-0.4, -0.2) is 64.5 Å². The third-order valence-corrected chi connectivity index (χ3v) is 10.1. The van der Waals surface area contributed by atoms with Crippen molar-refractivity contribution in [1.29, 1.82) is 0 Å². The molecule has 0 spiro atoms. The van der Waals surface area contributed by atoms with Crippen LogP contribution in [0.15, 0.2) is 38.8 Å². The number of nitrogens with zero attached hydrogens (tertiary/aromatic N) is 3. The first kappa shape index (κ1) is 28.4. The molecule has 1 aromatic carbocycles. The highest BCUT2D eigenvalue weighted by Crippen LogP contribution is 2.40. The van der Waals surface area contributed by atoms with Crippen molar-refractivity contribution in [1.82, 2.24) is 4.90 Å². The van der Waals surface area contributed by atoms with Gasteiger partial charge in [-0.25, -0.2) is 8.42 Å². The summed E-state index contributed by atoms with van der Waals surface area (Å²) < 4.78 is 55.3. The Morgan fingerprint density at radius 3 is 2.45 bits per heavy atom. The van der Waals surface area contributed by atoms with Crippen molar-refractivity contribution >= 4 is 43.2 Å². The van der Waals surface area contributed by atoms with Crippen molar-refractivity contribution in [3.05, 3.63) is 29.5 Å². The SMILES string of the molecule is CN(c1ccc2c(c1)S(=O)(=O)N=C(C1=C(O)C3CCCCCCC3N(CCC(C)(C)C)C1=O)N2)S(C)(=O)=O. The van der Waals surface area contributed by atoms with E-state index >= 15 is 0 Å². The number of aliphatic hydroxyl groups excluding tert-OH is 1. The van der Waals surface area contributed by atoms with Crippen LogP contribution in [-0.2, 0) is 24.8 Å². The summed E-state index contributed by atoms with van der Waals surface area (Å²) in [5.74, 6) is -1.02. The maximum atomic E-state index is 13.9. The van der Waals surface area contributed by atoms with Gasteiger partial charge in [-0.2, -0.15) is 8.42 Å². The number of nitrogens with one attached hydrogen (secondary N) is 1. The maximum absolute atomic E-state index is 13.9. The van der Waals surface area contributed by atoms with Gasteiger partial charge in [-0.1, -0.05) is 46.5 Å². The quantitative estimate of drug-likeness (QED) is 0.549. The molecule has 3 aliphatic rings. The first-order valence-corrected chi connectivity index (χ1v) is 16.3. The Bertz CT molecular complexity index is 1390. The van der Waals surface area contributed by atoms with Crippen molar-refractivity contribution < 1.29 is 26.7 Å². The Hall–Kier alpha value is -2.60. The second-order valence-corrected chi connectivity index (χ2v) is 15.3. The summed E-state index contributed by atoms with van der Waals surface area (Å²) in [7, 11) is -6.58. The van der Waals surface area contributed by atoms with E-state index in [9.17, 15) is 26.7 Å². The predicted octanol–water partition coefficient (Wildman–Crippen LogP) is 4.02. The molecule has 1 amide bonds. The summed E-state index contributed by atoms with van der Waals surface area (Å²) in [5, 5.41) is 14.4. The Labute approximate surface area is 225 Å². The molecule has 2 aliphatic heterocycles. The van der Waals surface area contributed by atoms with E-state index in [-0.39, 0.29) is 50.8 Å². The fourth-order valence-electron chi connectivity index (χ4n) is 5.33. The average Bonchev–Trinajstić information content (AvgIpc) is 2.77. The van der Waals surface area contributed by atoms with E-state index in [0.717, 1.165) is 49.1 Å². The van der Waals surface area contributed by atoms with E-state index in [1.165, 1.54) is 25.2 Å². The summed E-state index contributed by atoms with van der Waals surface area (Å²) >= 11 is 0. The van der Waals surface area contributed by atoms with Crippen LogP contribution in [0, 0.1) is 11.3 Å². The second-order valence-electron chi connectivity index (χ2n) is 11.7. The minimum Gasteiger partial charge on any atom is -0.511 e. The maximum Gasteiger partial charge on any atom is 0.286 e. The number of carbonyl (C=O) groups excluding carboxylic acids is 1. The summed E-state index contributed by atoms with van der Waals surface area (Å²) in [6.45, 7) is 6.82. The van der Waals surface area contributed by atoms with E-state index in [4.69, 9.17) is 0 Å². The number of fused-ring (bicyclic) bond motifs is 2. The molecule has 10 nitrogen and oxygen atoms in total. The number of hydrogen-bond donors (Lipinski definition) is 2. The lowest BCUT2D eigenvalue weighted by Gasteiger charge is -2.43. The lowest BCUT2D eigenvalue weighted by molar-refractivity contribution is -0.132. The smallest absolute Gasteiger partial charge is 0.286 e. The zero-order valence-electron chi connectivity index (χ0n) is 22.7. The summed E-state index contributed by atoms with van der Waals surface area (Å²) in [6, 6.07) is 4.01. The largest absolute Gasteiger partial charge is 0.511 e. The molecule has 210 valence electrons. The Kier molecular flexibility index (Phi) is 7.61. The van der Waals surface area contributed by atoms with Gasteiger partial charge in [-0.3, -0.25) is 9.10 Å². The molecule has 2 N–H and O–H groups in total. The van der Waals surface area contributed by atoms with Gasteiger partial charge >= 0.3 is 0 Å². The minimum absolute atomic E-state index is 0.0134. The molecule has 0 bridgehead atoms. The van der Waals surface area contributed by atoms with Gasteiger partial charge in [0.2, 0.25) is 10.0 Å². The molecular weight excluding hydrogens is 528 g/mol. The average molecular weight is 567 g/mol. The molecule has 1 saturated carbocycles. The molecule has 0 radical (unpaired) electrons. The van der Waals surface area contributed by atoms with E-state index < -0.39 is 26.0 Å². The number of anilines is 2. The predicted molar refractivity (Wildman–Crippen MR) is 148 cm³/mol. The topological polar surface area (TPSA) is 136 Å². The van der Waals surface area contributed by atoms with Crippen LogP contribution < -0.4 is 9.62 Å². The normalized spacial score (nSPS) is 24.0. The van der Waals surface area contributed by atoms with Crippen LogP contribution in [0.4, 0.5) is 11.4 Å². The van der Waals surface area contributed by atoms with E-state index in [0.29, 0.717) is 13.0 Å². The molecule has 12 heteroatoms. The van der Waals surface area contributed by atoms with Crippen LogP contribution in [0.2, 0.25) is 0 Å². The number of amidine groups is 1. The van der Waals surface area contributed by atoms with Gasteiger partial charge in [0.1, 0.15) is 16.2 Å². The van der Waals surface area contributed by atoms with Gasteiger partial charge in [-0.05, 0) is 42.9 Å². The van der Waals surface area contributed by atoms with Crippen molar-refractivity contribution in [2.45, 2.75) is 76.7 Å². The van der Waals surface area contributed by atoms with Crippen molar-refractivity contribution in [2.75, 3.05) is 29.5 Å². The molecule has 1 aromatic rings. The summed E-state index contributed by atoms with van der Waals surface area (Å²) in [5.41, 5.74) is 0.208. The first-order valence-electron chi connectivity index (χ1n) is 13.0. The molecule has 38 heavy (non-hydrogen) atoms. The molecule has 4 rings (SSSR count). The highest BCUT2D eigenvalue weighted by Gasteiger charge is 2.44. The number of benzene rings is 1. The van der Waals surface area contributed by atoms with E-state index in [1.54, 1.807) is 0 Å². The standard InChI is InChI=1S/C26H38N4O6S2/c1-26(2,3)14-15-30-20-11-9-7-6-8-10-18(20)23(31)22(25(30)32)24-27-19-13-12-17(29(4)37(5,33)34)16-21(19)38(35,36)28-24/h12-13,16,18,20,31H,6-11,14-15H2,1-5H3,(H,27,28). The van der Waals surface area contributed by atoms with Crippen LogP contribution in [0.5, 0.6) is 0 Å². The van der Waals surface area contributed by atoms with E-state index in [1.807, 2.05) is 4.90 Å². The van der Waals surface area contributed by atoms with Gasteiger partial charge in [-0.15, -0.1) is 4.40 Å². The van der Waals surface area contributed by atoms with Gasteiger partial charge < -0.3 is 15.3 Å². The third-order valence-electron chi connectivity index (χ3n) is 7.62. The molecular formula is C26H38N4O6S2. The molecule has 0 aromatic heterocycles. The Morgan fingerprint density at radius 2 is 1.82 bits per heavy atom. The van der Waals surface area contributed by atoms with Crippen molar-refractivity contribution in [2.24, 2.45) is 15.7 Å². The van der Waals surface area contributed by atoms with Gasteiger partial charge in [0.05, 0.1) is 17.6 Å². The number of aliphatic hydroxyl groups is 1. The lowest BCUT2D eigenvalue weighted by atomic mass is 9.79. The fraction of sp³-hybridized carbons (Fsp3) is 0.615. The number of amides is 1. The molecule has 2 unspecified atom stereocenters. The van der Waals surface area contributed by atoms with E-state index in [2.05, 4.69) is 30.5 Å². The molecule has 2 atom stereocenters. The summed E-state index contributed by atoms with van der Waals surface area (Å²) in [6.07, 6.45) is 7.29. The van der Waals surface area contributed by atoms with Crippen LogP contribution in [0.3, 0.4) is 0 Å². The zero-order chi connectivity index (χ0) is 28.0. The number of hydrogen-bond acceptors (Lipinski definition) is 7. The van der Waals surface area contributed by atoms with Crippen molar-refractivity contribution in [3.8, 4) is 0 Å². The van der Waals surface area contributed by atoms with Gasteiger partial charge in [0, 0.05) is 25.6 Å². The monoisotopic (exact) mass is 566 g/mol. The Balaban J connectivity index is 1.77. The molecule has 1 aliphatic carbocycles. The number of sulfonamides is 2. The third kappa shape index (κ3) is 5.70. The number of carbonyl (C=O) groups is 1. The summed E-state index contributed by atoms with van der Waals surface area (Å²) in [4.78, 5) is 15.5. The van der Waals surface area contributed by atoms with Crippen LogP contribution >= 0.6 is 0 Å². The fourth-order valence-corrected chi connectivity index (χ4v) is 6.97. The highest BCUT2D eigenvalue weighted by molar-refractivity contribution is 7.92.